The van der Waals surface area contributed by atoms with E-state index in [9.17, 15) is 4.79 Å². The highest BCUT2D eigenvalue weighted by molar-refractivity contribution is 7.07. The van der Waals surface area contributed by atoms with Gasteiger partial charge in [0.05, 0.1) is 29.7 Å². The molecular weight excluding hydrogens is 436 g/mol. The third kappa shape index (κ3) is 4.03. The zero-order chi connectivity index (χ0) is 22.8. The van der Waals surface area contributed by atoms with Gasteiger partial charge in [0.1, 0.15) is 0 Å². The molecule has 0 atom stereocenters. The Morgan fingerprint density at radius 2 is 1.97 bits per heavy atom. The second kappa shape index (κ2) is 8.95. The number of thiazole rings is 1. The molecule has 0 N–H and O–H groups in total. The Hall–Kier alpha value is -3.85. The van der Waals surface area contributed by atoms with Gasteiger partial charge >= 0.3 is 0 Å². The topological polar surface area (TPSA) is 75.2 Å². The van der Waals surface area contributed by atoms with E-state index in [2.05, 4.69) is 14.1 Å². The lowest BCUT2D eigenvalue weighted by Gasteiger charge is -2.08. The summed E-state index contributed by atoms with van der Waals surface area (Å²) in [5.41, 5.74) is 2.87. The number of benzene rings is 1. The van der Waals surface area contributed by atoms with Gasteiger partial charge in [0.25, 0.3) is 5.56 Å². The fraction of sp³-hybridized carbons (Fsp3) is 0.208. The van der Waals surface area contributed by atoms with Gasteiger partial charge in [-0.05, 0) is 37.6 Å². The molecular formula is C24H24N6O2S. The third-order valence-electron chi connectivity index (χ3n) is 5.66. The highest BCUT2D eigenvalue weighted by atomic mass is 32.1. The average molecular weight is 461 g/mol. The van der Waals surface area contributed by atoms with Crippen molar-refractivity contribution in [2.45, 2.75) is 26.4 Å². The van der Waals surface area contributed by atoms with E-state index in [-0.39, 0.29) is 5.56 Å². The minimum atomic E-state index is -0.140. The number of aryl methyl sites for hydroxylation is 1. The number of nitrogens with zero attached hydrogens (tertiary/aromatic N) is 6. The zero-order valence-electron chi connectivity index (χ0n) is 18.5. The summed E-state index contributed by atoms with van der Waals surface area (Å²) < 4.78 is 13.3. The van der Waals surface area contributed by atoms with Crippen LogP contribution < -0.4 is 10.4 Å². The molecule has 4 aromatic heterocycles. The van der Waals surface area contributed by atoms with E-state index in [1.54, 1.807) is 17.1 Å². The summed E-state index contributed by atoms with van der Waals surface area (Å²) >= 11 is 1.51. The van der Waals surface area contributed by atoms with Gasteiger partial charge in [0.2, 0.25) is 0 Å². The smallest absolute Gasteiger partial charge is 0.297 e. The summed E-state index contributed by atoms with van der Waals surface area (Å²) in [5, 5.41) is 2.03. The molecule has 0 aliphatic rings. The van der Waals surface area contributed by atoms with Crippen molar-refractivity contribution in [2.24, 2.45) is 12.0 Å². The van der Waals surface area contributed by atoms with Gasteiger partial charge in [0, 0.05) is 37.9 Å². The van der Waals surface area contributed by atoms with Crippen LogP contribution >= 0.6 is 11.3 Å². The normalized spacial score (nSPS) is 12.0. The number of hydrogen-bond acceptors (Lipinski definition) is 5. The minimum absolute atomic E-state index is 0.140. The minimum Gasteiger partial charge on any atom is -0.463 e. The van der Waals surface area contributed by atoms with Crippen LogP contribution in [0.25, 0.3) is 17.1 Å². The van der Waals surface area contributed by atoms with Crippen LogP contribution in [0.15, 0.2) is 87.0 Å². The van der Waals surface area contributed by atoms with Crippen LogP contribution in [0.4, 0.5) is 5.69 Å². The Balaban J connectivity index is 1.58. The summed E-state index contributed by atoms with van der Waals surface area (Å²) in [6.07, 6.45) is 8.10. The van der Waals surface area contributed by atoms with Crippen molar-refractivity contribution in [1.29, 1.82) is 0 Å². The zero-order valence-corrected chi connectivity index (χ0v) is 19.3. The molecule has 168 valence electrons. The van der Waals surface area contributed by atoms with Crippen LogP contribution in [0.5, 0.6) is 0 Å². The molecule has 5 aromatic rings. The fourth-order valence-electron chi connectivity index (χ4n) is 3.87. The highest BCUT2D eigenvalue weighted by Gasteiger charge is 2.17. The van der Waals surface area contributed by atoms with Crippen molar-refractivity contribution >= 4 is 17.0 Å². The van der Waals surface area contributed by atoms with E-state index in [1.807, 2.05) is 79.0 Å². The van der Waals surface area contributed by atoms with Crippen LogP contribution in [0, 0.1) is 6.92 Å². The molecule has 8 nitrogen and oxygen atoms in total. The van der Waals surface area contributed by atoms with Gasteiger partial charge in [0.15, 0.2) is 16.2 Å². The van der Waals surface area contributed by atoms with Crippen LogP contribution in [0.1, 0.15) is 12.1 Å². The number of imidazole rings is 1. The lowest BCUT2D eigenvalue weighted by atomic mass is 10.3. The number of aromatic nitrogens is 5. The Morgan fingerprint density at radius 1 is 1.12 bits per heavy atom. The van der Waals surface area contributed by atoms with E-state index >= 15 is 0 Å². The van der Waals surface area contributed by atoms with Crippen molar-refractivity contribution in [3.05, 3.63) is 93.7 Å². The van der Waals surface area contributed by atoms with Crippen LogP contribution in [-0.4, -0.2) is 23.5 Å². The molecule has 0 saturated carbocycles. The molecule has 0 radical (unpaired) electrons. The number of furan rings is 1. The Kier molecular flexibility index (Phi) is 5.70. The second-order valence-electron chi connectivity index (χ2n) is 7.71. The molecule has 0 bridgehead atoms. The lowest BCUT2D eigenvalue weighted by molar-refractivity contribution is 0.541. The third-order valence-corrected chi connectivity index (χ3v) is 6.52. The summed E-state index contributed by atoms with van der Waals surface area (Å²) in [5.74, 6) is 0.779. The van der Waals surface area contributed by atoms with Crippen molar-refractivity contribution in [1.82, 2.24) is 23.5 Å². The first kappa shape index (κ1) is 21.0. The lowest BCUT2D eigenvalue weighted by Crippen LogP contribution is -2.20. The highest BCUT2D eigenvalue weighted by Crippen LogP contribution is 2.22. The molecule has 0 unspecified atom stereocenters. The average Bonchev–Trinajstić information content (AvgIpc) is 3.62. The Morgan fingerprint density at radius 3 is 2.70 bits per heavy atom. The SMILES string of the molecule is Cc1c(N=c2scc(-c3ccco3)n2CCCn2ccnc2)c(=O)n(-c2ccccc2)n1C. The number of hydrogen-bond donors (Lipinski definition) is 0. The molecule has 9 heteroatoms. The van der Waals surface area contributed by atoms with Gasteiger partial charge in [-0.2, -0.15) is 0 Å². The Labute approximate surface area is 194 Å². The van der Waals surface area contributed by atoms with Gasteiger partial charge in [-0.1, -0.05) is 18.2 Å². The maximum Gasteiger partial charge on any atom is 0.297 e. The van der Waals surface area contributed by atoms with Crippen LogP contribution in [0.3, 0.4) is 0 Å². The Bertz CT molecular complexity index is 1470. The standard InChI is InChI=1S/C24H24N6O2S/c1-18-22(23(31)30(27(18)2)19-8-4-3-5-9-19)26-24-29(13-7-12-28-14-11-25-17-28)20(16-33-24)21-10-6-15-32-21/h3-6,8-11,14-17H,7,12-13H2,1-2H3. The van der Waals surface area contributed by atoms with E-state index in [1.165, 1.54) is 11.3 Å². The molecule has 0 aliphatic heterocycles. The first-order valence-corrected chi connectivity index (χ1v) is 11.6. The first-order chi connectivity index (χ1) is 16.1. The molecule has 0 fully saturated rings. The maximum atomic E-state index is 13.3. The summed E-state index contributed by atoms with van der Waals surface area (Å²) in [7, 11) is 1.88. The molecule has 4 heterocycles. The monoisotopic (exact) mass is 460 g/mol. The van der Waals surface area contributed by atoms with Crippen molar-refractivity contribution in [3.63, 3.8) is 0 Å². The predicted molar refractivity (Wildman–Crippen MR) is 128 cm³/mol. The quantitative estimate of drug-likeness (QED) is 0.367. The summed E-state index contributed by atoms with van der Waals surface area (Å²) in [6.45, 7) is 3.49. The van der Waals surface area contributed by atoms with E-state index in [0.29, 0.717) is 5.69 Å². The van der Waals surface area contributed by atoms with Crippen LogP contribution in [0.2, 0.25) is 0 Å². The van der Waals surface area contributed by atoms with Crippen molar-refractivity contribution in [3.8, 4) is 17.1 Å². The van der Waals surface area contributed by atoms with E-state index in [0.717, 1.165) is 47.1 Å². The fourth-order valence-corrected chi connectivity index (χ4v) is 4.79. The number of rotatable bonds is 7. The molecule has 0 saturated heterocycles. The summed E-state index contributed by atoms with van der Waals surface area (Å²) in [4.78, 5) is 23.1. The molecule has 1 aromatic carbocycles. The van der Waals surface area contributed by atoms with Crippen molar-refractivity contribution < 1.29 is 4.42 Å². The molecule has 33 heavy (non-hydrogen) atoms. The molecule has 0 aliphatic carbocycles. The van der Waals surface area contributed by atoms with Gasteiger partial charge < -0.3 is 13.6 Å². The molecule has 0 spiro atoms. The number of para-hydroxylation sites is 1. The second-order valence-corrected chi connectivity index (χ2v) is 8.55. The van der Waals surface area contributed by atoms with Gasteiger partial charge in [-0.3, -0.25) is 9.48 Å². The van der Waals surface area contributed by atoms with Gasteiger partial charge in [-0.15, -0.1) is 11.3 Å². The summed E-state index contributed by atoms with van der Waals surface area (Å²) in [6, 6.07) is 13.4. The van der Waals surface area contributed by atoms with Crippen LogP contribution in [-0.2, 0) is 20.1 Å². The predicted octanol–water partition coefficient (Wildman–Crippen LogP) is 4.13. The molecule has 0 amide bonds. The first-order valence-electron chi connectivity index (χ1n) is 10.7. The molecule has 5 rings (SSSR count). The van der Waals surface area contributed by atoms with Gasteiger partial charge in [-0.25, -0.2) is 14.7 Å². The largest absolute Gasteiger partial charge is 0.463 e. The maximum absolute atomic E-state index is 13.3. The van der Waals surface area contributed by atoms with Crippen molar-refractivity contribution in [2.75, 3.05) is 0 Å². The van der Waals surface area contributed by atoms with E-state index < -0.39 is 0 Å². The van der Waals surface area contributed by atoms with E-state index in [4.69, 9.17) is 9.41 Å².